The molecule has 0 bridgehead atoms. The number of ether oxygens (including phenoxy) is 1. The molecule has 1 amide bonds. The molecule has 0 spiro atoms. The van der Waals surface area contributed by atoms with Gasteiger partial charge in [-0.25, -0.2) is 4.79 Å². The second kappa shape index (κ2) is 5.08. The lowest BCUT2D eigenvalue weighted by atomic mass is 10.2. The number of rotatable bonds is 4. The van der Waals surface area contributed by atoms with Crippen LogP contribution in [0.2, 0.25) is 0 Å². The number of nitrogen functional groups attached to an aromatic ring is 1. The van der Waals surface area contributed by atoms with Crippen LogP contribution >= 0.6 is 0 Å². The zero-order valence-corrected chi connectivity index (χ0v) is 10.2. The number of benzene rings is 1. The van der Waals surface area contributed by atoms with Crippen LogP contribution in [0.4, 0.5) is 5.69 Å². The molecule has 1 atom stereocenters. The fourth-order valence-corrected chi connectivity index (χ4v) is 1.51. The molecule has 1 unspecified atom stereocenters. The van der Waals surface area contributed by atoms with E-state index in [1.165, 1.54) is 0 Å². The molecule has 2 rings (SSSR count). The highest BCUT2D eigenvalue weighted by molar-refractivity contribution is 5.96. The number of esters is 1. The molecule has 1 aromatic rings. The van der Waals surface area contributed by atoms with E-state index < -0.39 is 12.1 Å². The second-order valence-electron chi connectivity index (χ2n) is 4.42. The zero-order valence-electron chi connectivity index (χ0n) is 10.2. The predicted octanol–water partition coefficient (Wildman–Crippen LogP) is 1.09. The number of carbonyl (C=O) groups is 2. The molecular weight excluding hydrogens is 232 g/mol. The first-order valence-electron chi connectivity index (χ1n) is 5.94. The van der Waals surface area contributed by atoms with Gasteiger partial charge in [-0.15, -0.1) is 0 Å². The summed E-state index contributed by atoms with van der Waals surface area (Å²) in [6.45, 7) is 1.55. The maximum absolute atomic E-state index is 11.8. The fraction of sp³-hybridized carbons (Fsp3) is 0.385. The van der Waals surface area contributed by atoms with Crippen LogP contribution in [-0.4, -0.2) is 24.0 Å². The van der Waals surface area contributed by atoms with Gasteiger partial charge in [0.1, 0.15) is 0 Å². The van der Waals surface area contributed by atoms with Crippen LogP contribution in [0.1, 0.15) is 30.1 Å². The summed E-state index contributed by atoms with van der Waals surface area (Å²) in [7, 11) is 0. The standard InChI is InChI=1S/C13H16N2O3/c1-8(12(16)15-9-6-7-9)18-13(17)10-4-2-3-5-11(10)14/h2-5,8-9H,6-7,14H2,1H3,(H,15,16). The maximum atomic E-state index is 11.8. The van der Waals surface area contributed by atoms with E-state index in [0.29, 0.717) is 5.69 Å². The summed E-state index contributed by atoms with van der Waals surface area (Å²) in [6.07, 6.45) is 1.19. The van der Waals surface area contributed by atoms with Crippen molar-refractivity contribution in [3.05, 3.63) is 29.8 Å². The first kappa shape index (κ1) is 12.4. The second-order valence-corrected chi connectivity index (χ2v) is 4.42. The van der Waals surface area contributed by atoms with Gasteiger partial charge in [0.05, 0.1) is 5.56 Å². The monoisotopic (exact) mass is 248 g/mol. The third-order valence-corrected chi connectivity index (χ3v) is 2.76. The number of hydrogen-bond donors (Lipinski definition) is 2. The third-order valence-electron chi connectivity index (χ3n) is 2.76. The summed E-state index contributed by atoms with van der Waals surface area (Å²) in [4.78, 5) is 23.4. The lowest BCUT2D eigenvalue weighted by molar-refractivity contribution is -0.129. The Bertz CT molecular complexity index is 469. The van der Waals surface area contributed by atoms with E-state index in [1.54, 1.807) is 31.2 Å². The number of amides is 1. The van der Waals surface area contributed by atoms with E-state index in [2.05, 4.69) is 5.32 Å². The Morgan fingerprint density at radius 3 is 2.67 bits per heavy atom. The smallest absolute Gasteiger partial charge is 0.341 e. The Morgan fingerprint density at radius 1 is 1.39 bits per heavy atom. The lowest BCUT2D eigenvalue weighted by Gasteiger charge is -2.13. The minimum Gasteiger partial charge on any atom is -0.449 e. The average molecular weight is 248 g/mol. The number of anilines is 1. The van der Waals surface area contributed by atoms with Crippen LogP contribution in [0.5, 0.6) is 0 Å². The highest BCUT2D eigenvalue weighted by Crippen LogP contribution is 2.19. The van der Waals surface area contributed by atoms with Gasteiger partial charge in [0.25, 0.3) is 5.91 Å². The molecule has 0 aliphatic heterocycles. The van der Waals surface area contributed by atoms with Gasteiger partial charge in [0.2, 0.25) is 0 Å². The molecule has 1 aromatic carbocycles. The molecule has 0 radical (unpaired) electrons. The van der Waals surface area contributed by atoms with Crippen LogP contribution in [0.3, 0.4) is 0 Å². The molecule has 5 nitrogen and oxygen atoms in total. The lowest BCUT2D eigenvalue weighted by Crippen LogP contribution is -2.37. The van der Waals surface area contributed by atoms with Gasteiger partial charge in [-0.2, -0.15) is 0 Å². The molecule has 0 aromatic heterocycles. The van der Waals surface area contributed by atoms with Crippen molar-refractivity contribution in [3.63, 3.8) is 0 Å². The largest absolute Gasteiger partial charge is 0.449 e. The molecule has 1 aliphatic carbocycles. The molecule has 5 heteroatoms. The third kappa shape index (κ3) is 3.00. The van der Waals surface area contributed by atoms with E-state index in [4.69, 9.17) is 10.5 Å². The summed E-state index contributed by atoms with van der Waals surface area (Å²) in [5.41, 5.74) is 6.29. The Morgan fingerprint density at radius 2 is 2.06 bits per heavy atom. The fourth-order valence-electron chi connectivity index (χ4n) is 1.51. The maximum Gasteiger partial charge on any atom is 0.341 e. The number of para-hydroxylation sites is 1. The summed E-state index contributed by atoms with van der Waals surface area (Å²) < 4.78 is 5.08. The first-order chi connectivity index (χ1) is 8.58. The van der Waals surface area contributed by atoms with Crippen molar-refractivity contribution in [2.45, 2.75) is 31.9 Å². The SMILES string of the molecule is CC(OC(=O)c1ccccc1N)C(=O)NC1CC1. The Labute approximate surface area is 105 Å². The quantitative estimate of drug-likeness (QED) is 0.617. The normalized spacial score (nSPS) is 15.8. The van der Waals surface area contributed by atoms with Gasteiger partial charge in [-0.1, -0.05) is 12.1 Å². The van der Waals surface area contributed by atoms with E-state index in [1.807, 2.05) is 0 Å². The van der Waals surface area contributed by atoms with E-state index >= 15 is 0 Å². The summed E-state index contributed by atoms with van der Waals surface area (Å²) >= 11 is 0. The Hall–Kier alpha value is -2.04. The van der Waals surface area contributed by atoms with Crippen LogP contribution in [0, 0.1) is 0 Å². The summed E-state index contributed by atoms with van der Waals surface area (Å²) in [5.74, 6) is -0.841. The van der Waals surface area contributed by atoms with Gasteiger partial charge < -0.3 is 15.8 Å². The van der Waals surface area contributed by atoms with E-state index in [-0.39, 0.29) is 17.5 Å². The van der Waals surface area contributed by atoms with Crippen molar-refractivity contribution in [2.24, 2.45) is 0 Å². The predicted molar refractivity (Wildman–Crippen MR) is 66.9 cm³/mol. The van der Waals surface area contributed by atoms with Crippen molar-refractivity contribution in [3.8, 4) is 0 Å². The Kier molecular flexibility index (Phi) is 3.50. The number of carbonyl (C=O) groups excluding carboxylic acids is 2. The highest BCUT2D eigenvalue weighted by Gasteiger charge is 2.27. The molecule has 1 saturated carbocycles. The minimum atomic E-state index is -0.808. The zero-order chi connectivity index (χ0) is 13.1. The van der Waals surface area contributed by atoms with Crippen molar-refractivity contribution in [2.75, 3.05) is 5.73 Å². The van der Waals surface area contributed by atoms with Crippen molar-refractivity contribution in [1.29, 1.82) is 0 Å². The van der Waals surface area contributed by atoms with Gasteiger partial charge in [-0.05, 0) is 31.9 Å². The van der Waals surface area contributed by atoms with E-state index in [9.17, 15) is 9.59 Å². The van der Waals surface area contributed by atoms with Gasteiger partial charge in [0.15, 0.2) is 6.10 Å². The summed E-state index contributed by atoms with van der Waals surface area (Å²) in [5, 5.41) is 2.78. The first-order valence-corrected chi connectivity index (χ1v) is 5.94. The van der Waals surface area contributed by atoms with E-state index in [0.717, 1.165) is 12.8 Å². The van der Waals surface area contributed by atoms with Crippen LogP contribution in [0.15, 0.2) is 24.3 Å². The molecule has 0 heterocycles. The summed E-state index contributed by atoms with van der Waals surface area (Å²) in [6, 6.07) is 6.87. The number of hydrogen-bond acceptors (Lipinski definition) is 4. The average Bonchev–Trinajstić information content (AvgIpc) is 3.13. The number of nitrogens with one attached hydrogen (secondary N) is 1. The van der Waals surface area contributed by atoms with Crippen LogP contribution < -0.4 is 11.1 Å². The number of nitrogens with two attached hydrogens (primary N) is 1. The highest BCUT2D eigenvalue weighted by atomic mass is 16.5. The topological polar surface area (TPSA) is 81.4 Å². The molecule has 1 fully saturated rings. The molecule has 1 aliphatic rings. The van der Waals surface area contributed by atoms with Gasteiger partial charge in [-0.3, -0.25) is 4.79 Å². The minimum absolute atomic E-state index is 0.250. The van der Waals surface area contributed by atoms with Crippen LogP contribution in [-0.2, 0) is 9.53 Å². The Balaban J connectivity index is 1.94. The van der Waals surface area contributed by atoms with Gasteiger partial charge >= 0.3 is 5.97 Å². The molecular formula is C13H16N2O3. The molecule has 3 N–H and O–H groups in total. The van der Waals surface area contributed by atoms with Crippen molar-refractivity contribution >= 4 is 17.6 Å². The molecule has 96 valence electrons. The molecule has 0 saturated heterocycles. The van der Waals surface area contributed by atoms with Gasteiger partial charge in [0, 0.05) is 11.7 Å². The van der Waals surface area contributed by atoms with Crippen molar-refractivity contribution < 1.29 is 14.3 Å². The van der Waals surface area contributed by atoms with Crippen LogP contribution in [0.25, 0.3) is 0 Å². The van der Waals surface area contributed by atoms with Crippen molar-refractivity contribution in [1.82, 2.24) is 5.32 Å². The molecule has 18 heavy (non-hydrogen) atoms.